The molecule has 2 amide bonds. The van der Waals surface area contributed by atoms with Crippen LogP contribution in [0.5, 0.6) is 0 Å². The van der Waals surface area contributed by atoms with Crippen molar-refractivity contribution in [1.29, 1.82) is 0 Å². The number of carbonyl (C=O) groups excluding carboxylic acids is 2. The van der Waals surface area contributed by atoms with Gasteiger partial charge in [0.2, 0.25) is 5.91 Å². The van der Waals surface area contributed by atoms with E-state index in [0.29, 0.717) is 17.8 Å². The lowest BCUT2D eigenvalue weighted by Crippen LogP contribution is -2.44. The summed E-state index contributed by atoms with van der Waals surface area (Å²) in [6.07, 6.45) is 2.32. The van der Waals surface area contributed by atoms with E-state index in [9.17, 15) is 9.59 Å². The van der Waals surface area contributed by atoms with Gasteiger partial charge in [-0.05, 0) is 43.0 Å². The van der Waals surface area contributed by atoms with E-state index in [1.807, 2.05) is 69.3 Å². The Kier molecular flexibility index (Phi) is 6.44. The number of aryl methyl sites for hydroxylation is 1. The lowest BCUT2D eigenvalue weighted by atomic mass is 10.0. The van der Waals surface area contributed by atoms with Gasteiger partial charge in [-0.25, -0.2) is 4.68 Å². The van der Waals surface area contributed by atoms with Gasteiger partial charge >= 0.3 is 0 Å². The summed E-state index contributed by atoms with van der Waals surface area (Å²) in [6, 6.07) is 18.1. The molecule has 0 spiro atoms. The van der Waals surface area contributed by atoms with E-state index in [0.717, 1.165) is 11.3 Å². The fourth-order valence-electron chi connectivity index (χ4n) is 3.10. The van der Waals surface area contributed by atoms with Crippen LogP contribution in [0.25, 0.3) is 5.69 Å². The predicted molar refractivity (Wildman–Crippen MR) is 114 cm³/mol. The highest BCUT2D eigenvalue weighted by molar-refractivity contribution is 6.01. The van der Waals surface area contributed by atoms with Gasteiger partial charge in [0.05, 0.1) is 5.69 Å². The van der Waals surface area contributed by atoms with Gasteiger partial charge in [-0.15, -0.1) is 0 Å². The molecule has 0 aliphatic rings. The molecule has 3 rings (SSSR count). The fourth-order valence-corrected chi connectivity index (χ4v) is 3.10. The number of carbonyl (C=O) groups is 2. The first kappa shape index (κ1) is 20.3. The van der Waals surface area contributed by atoms with Crippen LogP contribution in [0.4, 0.5) is 5.82 Å². The van der Waals surface area contributed by atoms with Crippen LogP contribution in [0, 0.1) is 12.8 Å². The molecule has 0 fully saturated rings. The fraction of sp³-hybridized carbons (Fsp3) is 0.261. The largest absolute Gasteiger partial charge is 0.340 e. The number of amides is 2. The molecule has 1 atom stereocenters. The number of hydrogen-bond donors (Lipinski definition) is 2. The van der Waals surface area contributed by atoms with Gasteiger partial charge in [0.25, 0.3) is 5.91 Å². The number of para-hydroxylation sites is 1. The zero-order valence-electron chi connectivity index (χ0n) is 16.9. The zero-order chi connectivity index (χ0) is 20.8. The van der Waals surface area contributed by atoms with Crippen molar-refractivity contribution in [3.8, 4) is 5.69 Å². The molecule has 1 heterocycles. The average Bonchev–Trinajstić information content (AvgIpc) is 3.16. The number of aromatic nitrogens is 2. The van der Waals surface area contributed by atoms with E-state index in [-0.39, 0.29) is 17.7 Å². The first-order valence-corrected chi connectivity index (χ1v) is 9.72. The molecule has 0 aliphatic carbocycles. The molecule has 2 aromatic carbocycles. The second-order valence-corrected chi connectivity index (χ2v) is 7.44. The zero-order valence-corrected chi connectivity index (χ0v) is 16.9. The second-order valence-electron chi connectivity index (χ2n) is 7.44. The molecule has 6 nitrogen and oxygen atoms in total. The topological polar surface area (TPSA) is 76.0 Å². The van der Waals surface area contributed by atoms with E-state index in [2.05, 4.69) is 15.7 Å². The van der Waals surface area contributed by atoms with Crippen LogP contribution in [0.1, 0.15) is 36.2 Å². The summed E-state index contributed by atoms with van der Waals surface area (Å²) >= 11 is 0. The molecule has 0 aliphatic heterocycles. The minimum absolute atomic E-state index is 0.241. The summed E-state index contributed by atoms with van der Waals surface area (Å²) in [7, 11) is 0. The standard InChI is InChI=1S/C23H26N4O2/c1-16(2)15-20(24-22(28)19-12-8-7-9-17(19)3)23(29)25-21-13-14-27(26-21)18-10-5-4-6-11-18/h4-14,16,20H,15H2,1-3H3,(H,24,28)(H,25,26,29). The molecule has 0 saturated heterocycles. The normalized spacial score (nSPS) is 11.9. The van der Waals surface area contributed by atoms with Gasteiger partial charge in [-0.3, -0.25) is 9.59 Å². The summed E-state index contributed by atoms with van der Waals surface area (Å²) in [6.45, 7) is 5.91. The summed E-state index contributed by atoms with van der Waals surface area (Å²) in [5.41, 5.74) is 2.34. The van der Waals surface area contributed by atoms with Crippen molar-refractivity contribution in [3.63, 3.8) is 0 Å². The smallest absolute Gasteiger partial charge is 0.252 e. The van der Waals surface area contributed by atoms with Crippen molar-refractivity contribution in [2.45, 2.75) is 33.2 Å². The molecule has 0 saturated carbocycles. The van der Waals surface area contributed by atoms with Crippen LogP contribution in [-0.4, -0.2) is 27.6 Å². The summed E-state index contributed by atoms with van der Waals surface area (Å²) in [5.74, 6) is 0.153. The van der Waals surface area contributed by atoms with Crippen molar-refractivity contribution in [2.24, 2.45) is 5.92 Å². The summed E-state index contributed by atoms with van der Waals surface area (Å²) < 4.78 is 1.69. The van der Waals surface area contributed by atoms with Crippen LogP contribution >= 0.6 is 0 Å². The molecule has 150 valence electrons. The molecule has 1 aromatic heterocycles. The minimum Gasteiger partial charge on any atom is -0.340 e. The summed E-state index contributed by atoms with van der Waals surface area (Å²) in [4.78, 5) is 25.6. The number of rotatable bonds is 7. The predicted octanol–water partition coefficient (Wildman–Crippen LogP) is 3.96. The molecule has 3 aromatic rings. The first-order valence-electron chi connectivity index (χ1n) is 9.72. The molecular formula is C23H26N4O2. The van der Waals surface area contributed by atoms with Gasteiger partial charge in [-0.1, -0.05) is 50.2 Å². The van der Waals surface area contributed by atoms with Crippen molar-refractivity contribution < 1.29 is 9.59 Å². The van der Waals surface area contributed by atoms with Crippen LogP contribution < -0.4 is 10.6 Å². The number of nitrogens with zero attached hydrogens (tertiary/aromatic N) is 2. The van der Waals surface area contributed by atoms with E-state index in [1.54, 1.807) is 23.0 Å². The Hall–Kier alpha value is -3.41. The number of nitrogens with one attached hydrogen (secondary N) is 2. The van der Waals surface area contributed by atoms with Crippen molar-refractivity contribution in [1.82, 2.24) is 15.1 Å². The van der Waals surface area contributed by atoms with Crippen molar-refractivity contribution in [2.75, 3.05) is 5.32 Å². The van der Waals surface area contributed by atoms with E-state index >= 15 is 0 Å². The van der Waals surface area contributed by atoms with Gasteiger partial charge in [0, 0.05) is 17.8 Å². The SMILES string of the molecule is Cc1ccccc1C(=O)NC(CC(C)C)C(=O)Nc1ccn(-c2ccccc2)n1. The molecule has 0 bridgehead atoms. The Bertz CT molecular complexity index is 979. The quantitative estimate of drug-likeness (QED) is 0.641. The third-order valence-electron chi connectivity index (χ3n) is 4.58. The van der Waals surface area contributed by atoms with E-state index in [4.69, 9.17) is 0 Å². The Morgan fingerprint density at radius 1 is 1.00 bits per heavy atom. The molecule has 29 heavy (non-hydrogen) atoms. The Morgan fingerprint density at radius 2 is 1.69 bits per heavy atom. The maximum absolute atomic E-state index is 12.9. The Morgan fingerprint density at radius 3 is 2.38 bits per heavy atom. The molecule has 2 N–H and O–H groups in total. The maximum Gasteiger partial charge on any atom is 0.252 e. The Labute approximate surface area is 170 Å². The van der Waals surface area contributed by atoms with Crippen molar-refractivity contribution >= 4 is 17.6 Å². The molecular weight excluding hydrogens is 364 g/mol. The highest BCUT2D eigenvalue weighted by Gasteiger charge is 2.23. The highest BCUT2D eigenvalue weighted by Crippen LogP contribution is 2.13. The van der Waals surface area contributed by atoms with Gasteiger partial charge in [0.1, 0.15) is 6.04 Å². The van der Waals surface area contributed by atoms with E-state index < -0.39 is 6.04 Å². The molecule has 0 radical (unpaired) electrons. The van der Waals surface area contributed by atoms with E-state index in [1.165, 1.54) is 0 Å². The number of benzene rings is 2. The van der Waals surface area contributed by atoms with Crippen LogP contribution in [-0.2, 0) is 4.79 Å². The first-order chi connectivity index (χ1) is 13.9. The Balaban J connectivity index is 1.72. The highest BCUT2D eigenvalue weighted by atomic mass is 16.2. The molecule has 1 unspecified atom stereocenters. The van der Waals surface area contributed by atoms with Crippen LogP contribution in [0.15, 0.2) is 66.9 Å². The number of hydrogen-bond acceptors (Lipinski definition) is 3. The summed E-state index contributed by atoms with van der Waals surface area (Å²) in [5, 5.41) is 10.1. The molecule has 6 heteroatoms. The van der Waals surface area contributed by atoms with Gasteiger partial charge < -0.3 is 10.6 Å². The van der Waals surface area contributed by atoms with Crippen molar-refractivity contribution in [3.05, 3.63) is 78.0 Å². The third kappa shape index (κ3) is 5.31. The average molecular weight is 390 g/mol. The monoisotopic (exact) mass is 390 g/mol. The van der Waals surface area contributed by atoms with Gasteiger partial charge in [0.15, 0.2) is 5.82 Å². The maximum atomic E-state index is 12.9. The lowest BCUT2D eigenvalue weighted by Gasteiger charge is -2.20. The number of anilines is 1. The minimum atomic E-state index is -0.649. The third-order valence-corrected chi connectivity index (χ3v) is 4.58. The lowest BCUT2D eigenvalue weighted by molar-refractivity contribution is -0.118. The van der Waals surface area contributed by atoms with Crippen LogP contribution in [0.2, 0.25) is 0 Å². The van der Waals surface area contributed by atoms with Gasteiger partial charge in [-0.2, -0.15) is 5.10 Å². The second kappa shape index (κ2) is 9.19. The van der Waals surface area contributed by atoms with Crippen LogP contribution in [0.3, 0.4) is 0 Å².